The predicted molar refractivity (Wildman–Crippen MR) is 111 cm³/mol. The molecule has 4 saturated carbocycles. The third-order valence-electron chi connectivity index (χ3n) is 7.34. The largest absolute Gasteiger partial charge is 0.494 e. The van der Waals surface area contributed by atoms with Crippen LogP contribution in [0, 0.1) is 23.6 Å². The van der Waals surface area contributed by atoms with Crippen LogP contribution >= 0.6 is 0 Å². The highest BCUT2D eigenvalue weighted by Gasteiger charge is 2.51. The lowest BCUT2D eigenvalue weighted by Gasteiger charge is -2.56. The molecule has 1 aromatic rings. The van der Waals surface area contributed by atoms with Crippen LogP contribution in [0.4, 0.5) is 9.18 Å². The summed E-state index contributed by atoms with van der Waals surface area (Å²) in [7, 11) is 3.20. The molecule has 1 aromatic carbocycles. The number of halogens is 1. The van der Waals surface area contributed by atoms with Gasteiger partial charge in [-0.2, -0.15) is 0 Å². The van der Waals surface area contributed by atoms with Gasteiger partial charge in [-0.15, -0.1) is 0 Å². The fourth-order valence-electron chi connectivity index (χ4n) is 6.19. The third-order valence-corrected chi connectivity index (χ3v) is 7.34. The van der Waals surface area contributed by atoms with E-state index in [1.807, 2.05) is 0 Å². The number of methoxy groups -OCH3 is 1. The first-order valence-corrected chi connectivity index (χ1v) is 10.9. The summed E-state index contributed by atoms with van der Waals surface area (Å²) in [6.45, 7) is 2.12. The number of hydrogen-bond donors (Lipinski definition) is 2. The van der Waals surface area contributed by atoms with Crippen molar-refractivity contribution < 1.29 is 18.7 Å². The number of amides is 3. The quantitative estimate of drug-likeness (QED) is 0.744. The molecular weight excluding hydrogens is 385 g/mol. The Bertz CT molecular complexity index is 793. The molecule has 6 nitrogen and oxygen atoms in total. The van der Waals surface area contributed by atoms with E-state index in [0.29, 0.717) is 6.54 Å². The monoisotopic (exact) mass is 417 g/mol. The van der Waals surface area contributed by atoms with Crippen molar-refractivity contribution in [3.05, 3.63) is 29.6 Å². The Morgan fingerprint density at radius 2 is 1.80 bits per heavy atom. The van der Waals surface area contributed by atoms with Crippen molar-refractivity contribution in [2.45, 2.75) is 63.6 Å². The van der Waals surface area contributed by atoms with E-state index >= 15 is 0 Å². The lowest BCUT2D eigenvalue weighted by atomic mass is 9.53. The lowest BCUT2D eigenvalue weighted by Crippen LogP contribution is -2.62. The van der Waals surface area contributed by atoms with Crippen LogP contribution in [0.25, 0.3) is 0 Å². The molecule has 3 amide bonds. The first kappa shape index (κ1) is 21.1. The van der Waals surface area contributed by atoms with E-state index in [1.165, 1.54) is 32.4 Å². The number of rotatable bonds is 6. The van der Waals surface area contributed by atoms with E-state index in [4.69, 9.17) is 4.74 Å². The van der Waals surface area contributed by atoms with Crippen molar-refractivity contribution in [1.82, 2.24) is 15.5 Å². The topological polar surface area (TPSA) is 70.7 Å². The minimum atomic E-state index is -0.530. The summed E-state index contributed by atoms with van der Waals surface area (Å²) < 4.78 is 18.8. The molecule has 4 fully saturated rings. The zero-order chi connectivity index (χ0) is 21.5. The lowest BCUT2D eigenvalue weighted by molar-refractivity contribution is -0.124. The van der Waals surface area contributed by atoms with Gasteiger partial charge in [0.25, 0.3) is 0 Å². The summed E-state index contributed by atoms with van der Waals surface area (Å²) in [5, 5.41) is 5.69. The summed E-state index contributed by atoms with van der Waals surface area (Å²) in [4.78, 5) is 27.0. The average molecular weight is 418 g/mol. The van der Waals surface area contributed by atoms with E-state index < -0.39 is 17.9 Å². The molecule has 0 radical (unpaired) electrons. The van der Waals surface area contributed by atoms with E-state index in [9.17, 15) is 14.0 Å². The third kappa shape index (κ3) is 4.31. The molecule has 0 aromatic heterocycles. The molecule has 30 heavy (non-hydrogen) atoms. The van der Waals surface area contributed by atoms with Crippen molar-refractivity contribution in [3.63, 3.8) is 0 Å². The highest BCUT2D eigenvalue weighted by atomic mass is 19.1. The SMILES string of the molecule is COc1ccc(CN(C)C(C)C(=O)NC(=O)NC23CC4CC(CC(C4)C2)C3)cc1F. The minimum Gasteiger partial charge on any atom is -0.494 e. The Morgan fingerprint density at radius 1 is 1.20 bits per heavy atom. The van der Waals surface area contributed by atoms with Crippen molar-refractivity contribution in [2.24, 2.45) is 17.8 Å². The molecule has 7 heteroatoms. The van der Waals surface area contributed by atoms with Gasteiger partial charge < -0.3 is 10.1 Å². The summed E-state index contributed by atoms with van der Waals surface area (Å²) in [6, 6.07) is 3.82. The molecule has 0 aliphatic heterocycles. The van der Waals surface area contributed by atoms with Gasteiger partial charge >= 0.3 is 6.03 Å². The van der Waals surface area contributed by atoms with Crippen LogP contribution in [0.2, 0.25) is 0 Å². The van der Waals surface area contributed by atoms with Crippen LogP contribution in [0.3, 0.4) is 0 Å². The Balaban J connectivity index is 1.30. The summed E-state index contributed by atoms with van der Waals surface area (Å²) >= 11 is 0. The van der Waals surface area contributed by atoms with Crippen molar-refractivity contribution in [3.8, 4) is 5.75 Å². The minimum absolute atomic E-state index is 0.130. The standard InChI is InChI=1S/C23H32FN3O3/c1-14(27(2)13-15-4-5-20(30-3)19(24)9-15)21(28)25-22(29)26-23-10-16-6-17(11-23)8-18(7-16)12-23/h4-5,9,14,16-18H,6-8,10-13H2,1-3H3,(H2,25,26,28,29). The van der Waals surface area contributed by atoms with Crippen LogP contribution in [0.5, 0.6) is 5.75 Å². The number of ether oxygens (including phenoxy) is 1. The molecule has 4 aliphatic carbocycles. The van der Waals surface area contributed by atoms with Gasteiger partial charge in [0.2, 0.25) is 5.91 Å². The number of benzene rings is 1. The maximum absolute atomic E-state index is 13.9. The van der Waals surface area contributed by atoms with Gasteiger partial charge in [-0.25, -0.2) is 9.18 Å². The Kier molecular flexibility index (Phi) is 5.75. The number of imide groups is 1. The highest BCUT2D eigenvalue weighted by molar-refractivity contribution is 5.97. The molecule has 2 N–H and O–H groups in total. The second kappa shape index (κ2) is 8.17. The van der Waals surface area contributed by atoms with E-state index in [-0.39, 0.29) is 17.2 Å². The maximum atomic E-state index is 13.9. The Hall–Kier alpha value is -2.15. The second-order valence-electron chi connectivity index (χ2n) is 9.70. The summed E-state index contributed by atoms with van der Waals surface area (Å²) in [5.74, 6) is 1.57. The zero-order valence-electron chi connectivity index (χ0n) is 18.0. The second-order valence-corrected chi connectivity index (χ2v) is 9.70. The van der Waals surface area contributed by atoms with Crippen molar-refractivity contribution >= 4 is 11.9 Å². The normalized spacial score (nSPS) is 30.2. The molecule has 4 aliphatic rings. The van der Waals surface area contributed by atoms with Gasteiger partial charge in [0.05, 0.1) is 13.2 Å². The number of nitrogens with one attached hydrogen (secondary N) is 2. The van der Waals surface area contributed by atoms with Crippen LogP contribution in [-0.4, -0.2) is 42.6 Å². The number of urea groups is 1. The van der Waals surface area contributed by atoms with Gasteiger partial charge in [-0.3, -0.25) is 15.0 Å². The van der Waals surface area contributed by atoms with Crippen LogP contribution < -0.4 is 15.4 Å². The molecule has 0 saturated heterocycles. The maximum Gasteiger partial charge on any atom is 0.321 e. The average Bonchev–Trinajstić information content (AvgIpc) is 2.65. The van der Waals surface area contributed by atoms with Gasteiger partial charge in [-0.1, -0.05) is 6.07 Å². The van der Waals surface area contributed by atoms with E-state index in [0.717, 1.165) is 42.6 Å². The van der Waals surface area contributed by atoms with Crippen LogP contribution in [0.15, 0.2) is 18.2 Å². The fraction of sp³-hybridized carbons (Fsp3) is 0.652. The number of nitrogens with zero attached hydrogens (tertiary/aromatic N) is 1. The van der Waals surface area contributed by atoms with Crippen LogP contribution in [-0.2, 0) is 11.3 Å². The van der Waals surface area contributed by atoms with Crippen molar-refractivity contribution in [1.29, 1.82) is 0 Å². The zero-order valence-corrected chi connectivity index (χ0v) is 18.0. The molecule has 164 valence electrons. The first-order chi connectivity index (χ1) is 14.3. The van der Waals surface area contributed by atoms with Crippen molar-refractivity contribution in [2.75, 3.05) is 14.2 Å². The molecule has 0 spiro atoms. The summed E-state index contributed by atoms with van der Waals surface area (Å²) in [5.41, 5.74) is 0.600. The molecule has 1 unspecified atom stereocenters. The summed E-state index contributed by atoms with van der Waals surface area (Å²) in [6.07, 6.45) is 7.02. The Labute approximate surface area is 177 Å². The molecule has 0 heterocycles. The molecule has 5 rings (SSSR count). The van der Waals surface area contributed by atoms with Gasteiger partial charge in [0, 0.05) is 12.1 Å². The number of hydrogen-bond acceptors (Lipinski definition) is 4. The first-order valence-electron chi connectivity index (χ1n) is 10.9. The predicted octanol–water partition coefficient (Wildman–Crippen LogP) is 3.45. The van der Waals surface area contributed by atoms with E-state index in [2.05, 4.69) is 10.6 Å². The molecule has 1 atom stereocenters. The van der Waals surface area contributed by atoms with Gasteiger partial charge in [0.1, 0.15) is 0 Å². The smallest absolute Gasteiger partial charge is 0.321 e. The van der Waals surface area contributed by atoms with E-state index in [1.54, 1.807) is 31.0 Å². The number of likely N-dealkylation sites (N-methyl/N-ethyl adjacent to an activating group) is 1. The highest BCUT2D eigenvalue weighted by Crippen LogP contribution is 2.55. The van der Waals surface area contributed by atoms with Gasteiger partial charge in [-0.05, 0) is 87.9 Å². The Morgan fingerprint density at radius 3 is 2.33 bits per heavy atom. The van der Waals surface area contributed by atoms with Crippen LogP contribution in [0.1, 0.15) is 51.0 Å². The number of carbonyl (C=O) groups is 2. The molecule has 4 bridgehead atoms. The molecular formula is C23H32FN3O3. The van der Waals surface area contributed by atoms with Gasteiger partial charge in [0.15, 0.2) is 11.6 Å². The number of carbonyl (C=O) groups excluding carboxylic acids is 2. The fourth-order valence-corrected chi connectivity index (χ4v) is 6.19.